The Labute approximate surface area is 193 Å². The normalized spacial score (nSPS) is 38.9. The highest BCUT2D eigenvalue weighted by atomic mass is 79.9. The molecule has 4 bridgehead atoms. The lowest BCUT2D eigenvalue weighted by atomic mass is 9.49. The van der Waals surface area contributed by atoms with Crippen LogP contribution in [0.15, 0.2) is 24.3 Å². The van der Waals surface area contributed by atoms with Crippen LogP contribution in [0.2, 0.25) is 0 Å². The predicted octanol–water partition coefficient (Wildman–Crippen LogP) is 4.29. The van der Waals surface area contributed by atoms with Gasteiger partial charge in [0.2, 0.25) is 5.91 Å². The number of carbonyl (C=O) groups is 2. The summed E-state index contributed by atoms with van der Waals surface area (Å²) in [6, 6.07) is 7.69. The number of morpholine rings is 1. The predicted molar refractivity (Wildman–Crippen MR) is 123 cm³/mol. The van der Waals surface area contributed by atoms with Crippen molar-refractivity contribution in [2.24, 2.45) is 17.3 Å². The van der Waals surface area contributed by atoms with Crippen molar-refractivity contribution in [2.45, 2.75) is 75.4 Å². The SMILES string of the molecule is CC1CN(C(=O)c2ccc(CNC(=O)C34CC5CC(CC(Br)(C5)C3)C4)cc2)CC(C)O1. The molecule has 0 radical (unpaired) electrons. The van der Waals surface area contributed by atoms with Crippen molar-refractivity contribution in [3.8, 4) is 0 Å². The summed E-state index contributed by atoms with van der Waals surface area (Å²) in [5.74, 6) is 1.67. The molecular weight excluding hydrogens is 456 g/mol. The van der Waals surface area contributed by atoms with Gasteiger partial charge in [-0.3, -0.25) is 9.59 Å². The topological polar surface area (TPSA) is 58.6 Å². The van der Waals surface area contributed by atoms with Crippen LogP contribution >= 0.6 is 15.9 Å². The highest BCUT2D eigenvalue weighted by Gasteiger charge is 2.59. The number of nitrogens with zero attached hydrogens (tertiary/aromatic N) is 1. The summed E-state index contributed by atoms with van der Waals surface area (Å²) >= 11 is 3.99. The second kappa shape index (κ2) is 7.87. The summed E-state index contributed by atoms with van der Waals surface area (Å²) in [6.07, 6.45) is 6.96. The molecule has 5 aliphatic rings. The van der Waals surface area contributed by atoms with Crippen LogP contribution in [0.25, 0.3) is 0 Å². The molecule has 1 aliphatic heterocycles. The van der Waals surface area contributed by atoms with E-state index in [1.54, 1.807) is 0 Å². The van der Waals surface area contributed by atoms with E-state index in [1.165, 1.54) is 19.3 Å². The number of ether oxygens (including phenoxy) is 1. The highest BCUT2D eigenvalue weighted by molar-refractivity contribution is 9.10. The van der Waals surface area contributed by atoms with Crippen LogP contribution < -0.4 is 5.32 Å². The molecule has 5 nitrogen and oxygen atoms in total. The molecule has 5 fully saturated rings. The average Bonchev–Trinajstić information content (AvgIpc) is 2.69. The summed E-state index contributed by atoms with van der Waals surface area (Å²) in [5, 5.41) is 3.23. The minimum atomic E-state index is -0.187. The molecule has 4 atom stereocenters. The number of carbonyl (C=O) groups excluding carboxylic acids is 2. The molecule has 6 heteroatoms. The lowest BCUT2D eigenvalue weighted by Gasteiger charge is -2.59. The molecule has 4 saturated carbocycles. The van der Waals surface area contributed by atoms with Crippen molar-refractivity contribution in [3.63, 3.8) is 0 Å². The van der Waals surface area contributed by atoms with E-state index < -0.39 is 0 Å². The van der Waals surface area contributed by atoms with E-state index in [1.807, 2.05) is 43.0 Å². The van der Waals surface area contributed by atoms with E-state index in [-0.39, 0.29) is 33.8 Å². The first-order valence-electron chi connectivity index (χ1n) is 11.7. The Morgan fingerprint density at radius 3 is 2.26 bits per heavy atom. The number of halogens is 1. The van der Waals surface area contributed by atoms with Gasteiger partial charge in [0.15, 0.2) is 0 Å². The molecule has 168 valence electrons. The van der Waals surface area contributed by atoms with E-state index in [0.717, 1.165) is 24.8 Å². The maximum atomic E-state index is 13.3. The van der Waals surface area contributed by atoms with Crippen LogP contribution in [0, 0.1) is 17.3 Å². The van der Waals surface area contributed by atoms with Gasteiger partial charge in [0.1, 0.15) is 0 Å². The molecule has 1 N–H and O–H groups in total. The minimum absolute atomic E-state index is 0.0498. The van der Waals surface area contributed by atoms with Crippen LogP contribution in [0.3, 0.4) is 0 Å². The molecule has 1 aromatic rings. The van der Waals surface area contributed by atoms with E-state index >= 15 is 0 Å². The standard InChI is InChI=1S/C25H33BrN2O3/c1-16-13-28(14-17(2)31-16)22(29)21-5-3-18(4-6-21)12-27-23(30)24-8-19-7-20(9-24)11-25(26,10-19)15-24/h3-6,16-17,19-20H,7-15H2,1-2H3,(H,27,30). The third kappa shape index (κ3) is 4.18. The van der Waals surface area contributed by atoms with Crippen molar-refractivity contribution in [1.82, 2.24) is 10.2 Å². The van der Waals surface area contributed by atoms with Gasteiger partial charge in [0, 0.05) is 29.5 Å². The summed E-state index contributed by atoms with van der Waals surface area (Å²) in [7, 11) is 0. The number of hydrogen-bond acceptors (Lipinski definition) is 3. The maximum Gasteiger partial charge on any atom is 0.254 e. The monoisotopic (exact) mass is 488 g/mol. The van der Waals surface area contributed by atoms with Gasteiger partial charge >= 0.3 is 0 Å². The maximum absolute atomic E-state index is 13.3. The molecular formula is C25H33BrN2O3. The largest absolute Gasteiger partial charge is 0.372 e. The Hall–Kier alpha value is -1.40. The fourth-order valence-electron chi connectivity index (χ4n) is 7.08. The number of nitrogens with one attached hydrogen (secondary N) is 1. The number of rotatable bonds is 4. The third-order valence-electron chi connectivity index (χ3n) is 7.83. The van der Waals surface area contributed by atoms with Gasteiger partial charge in [0.05, 0.1) is 17.6 Å². The Morgan fingerprint density at radius 2 is 1.68 bits per heavy atom. The first-order valence-corrected chi connectivity index (χ1v) is 12.5. The molecule has 0 spiro atoms. The van der Waals surface area contributed by atoms with Crippen LogP contribution in [0.5, 0.6) is 0 Å². The number of benzene rings is 1. The Kier molecular flexibility index (Phi) is 5.45. The van der Waals surface area contributed by atoms with Crippen LogP contribution in [-0.4, -0.2) is 46.3 Å². The fraction of sp³-hybridized carbons (Fsp3) is 0.680. The van der Waals surface area contributed by atoms with Crippen molar-refractivity contribution < 1.29 is 14.3 Å². The van der Waals surface area contributed by atoms with Crippen LogP contribution in [0.1, 0.15) is 68.3 Å². The second-order valence-electron chi connectivity index (χ2n) is 10.7. The van der Waals surface area contributed by atoms with Crippen LogP contribution in [0.4, 0.5) is 0 Å². The number of hydrogen-bond donors (Lipinski definition) is 1. The lowest BCUT2D eigenvalue weighted by molar-refractivity contribution is -0.144. The fourth-order valence-corrected chi connectivity index (χ4v) is 8.53. The minimum Gasteiger partial charge on any atom is -0.372 e. The molecule has 2 amide bonds. The van der Waals surface area contributed by atoms with E-state index in [4.69, 9.17) is 4.74 Å². The van der Waals surface area contributed by atoms with E-state index in [2.05, 4.69) is 21.2 Å². The van der Waals surface area contributed by atoms with Gasteiger partial charge < -0.3 is 15.0 Å². The molecule has 4 aliphatic carbocycles. The van der Waals surface area contributed by atoms with Crippen molar-refractivity contribution in [1.29, 1.82) is 0 Å². The zero-order valence-corrected chi connectivity index (χ0v) is 20.1. The molecule has 31 heavy (non-hydrogen) atoms. The average molecular weight is 489 g/mol. The van der Waals surface area contributed by atoms with E-state index in [9.17, 15) is 9.59 Å². The van der Waals surface area contributed by atoms with Gasteiger partial charge in [-0.15, -0.1) is 0 Å². The van der Waals surface area contributed by atoms with Crippen molar-refractivity contribution in [3.05, 3.63) is 35.4 Å². The summed E-state index contributed by atoms with van der Waals surface area (Å²) in [5.41, 5.74) is 1.54. The Morgan fingerprint density at radius 1 is 1.06 bits per heavy atom. The summed E-state index contributed by atoms with van der Waals surface area (Å²) in [4.78, 5) is 28.0. The molecule has 1 aromatic carbocycles. The van der Waals surface area contributed by atoms with Gasteiger partial charge in [-0.2, -0.15) is 0 Å². The van der Waals surface area contributed by atoms with Gasteiger partial charge in [-0.1, -0.05) is 28.1 Å². The van der Waals surface area contributed by atoms with Gasteiger partial charge in [-0.05, 0) is 81.9 Å². The van der Waals surface area contributed by atoms with Gasteiger partial charge in [-0.25, -0.2) is 0 Å². The zero-order chi connectivity index (χ0) is 21.8. The van der Waals surface area contributed by atoms with Crippen molar-refractivity contribution >= 4 is 27.7 Å². The first kappa shape index (κ1) is 21.4. The molecule has 4 unspecified atom stereocenters. The van der Waals surface area contributed by atoms with Crippen molar-refractivity contribution in [2.75, 3.05) is 13.1 Å². The number of alkyl halides is 1. The number of amides is 2. The van der Waals surface area contributed by atoms with Gasteiger partial charge in [0.25, 0.3) is 5.91 Å². The smallest absolute Gasteiger partial charge is 0.254 e. The zero-order valence-electron chi connectivity index (χ0n) is 18.5. The quantitative estimate of drug-likeness (QED) is 0.643. The summed E-state index contributed by atoms with van der Waals surface area (Å²) < 4.78 is 5.92. The lowest BCUT2D eigenvalue weighted by Crippen LogP contribution is -2.58. The Balaban J connectivity index is 1.20. The highest BCUT2D eigenvalue weighted by Crippen LogP contribution is 2.64. The first-order chi connectivity index (χ1) is 14.7. The Bertz CT molecular complexity index is 846. The molecule has 1 saturated heterocycles. The van der Waals surface area contributed by atoms with E-state index in [0.29, 0.717) is 37.0 Å². The third-order valence-corrected chi connectivity index (χ3v) is 8.76. The molecule has 0 aromatic heterocycles. The second-order valence-corrected chi connectivity index (χ2v) is 12.4. The van der Waals surface area contributed by atoms with Crippen LogP contribution in [-0.2, 0) is 16.1 Å². The summed E-state index contributed by atoms with van der Waals surface area (Å²) in [6.45, 7) is 5.78. The molecule has 6 rings (SSSR count). The molecule has 1 heterocycles.